The molecule has 0 atom stereocenters. The third-order valence-corrected chi connectivity index (χ3v) is 4.91. The molecule has 2 aromatic heterocycles. The maximum atomic E-state index is 12.4. The fourth-order valence-corrected chi connectivity index (χ4v) is 3.33. The first-order valence-electron chi connectivity index (χ1n) is 6.88. The number of nitrogens with zero attached hydrogens (tertiary/aromatic N) is 2. The quantitative estimate of drug-likeness (QED) is 0.695. The van der Waals surface area contributed by atoms with Gasteiger partial charge in [-0.2, -0.15) is 0 Å². The lowest BCUT2D eigenvalue weighted by Gasteiger charge is -2.01. The molecule has 108 valence electrons. The molecule has 0 unspecified atom stereocenters. The minimum absolute atomic E-state index is 0.0156. The van der Waals surface area contributed by atoms with Crippen LogP contribution < -0.4 is 5.69 Å². The molecule has 0 fully saturated rings. The lowest BCUT2D eigenvalue weighted by atomic mass is 10.3. The zero-order chi connectivity index (χ0) is 15.0. The number of fused-ring (bicyclic) bond motifs is 1. The highest BCUT2D eigenvalue weighted by Crippen LogP contribution is 2.19. The average Bonchev–Trinajstić information content (AvgIpc) is 3.07. The summed E-state index contributed by atoms with van der Waals surface area (Å²) in [6.07, 6.45) is 0.923. The Morgan fingerprint density at radius 2 is 1.86 bits per heavy atom. The lowest BCUT2D eigenvalue weighted by molar-refractivity contribution is 0.0976. The summed E-state index contributed by atoms with van der Waals surface area (Å²) in [5.41, 5.74) is 1.48. The third kappa shape index (κ3) is 2.34. The molecule has 5 heteroatoms. The summed E-state index contributed by atoms with van der Waals surface area (Å²) >= 11 is 1.51. The van der Waals surface area contributed by atoms with Crippen molar-refractivity contribution in [2.75, 3.05) is 0 Å². The van der Waals surface area contributed by atoms with Crippen molar-refractivity contribution in [1.82, 2.24) is 9.13 Å². The van der Waals surface area contributed by atoms with Gasteiger partial charge in [-0.05, 0) is 30.7 Å². The molecule has 0 aliphatic heterocycles. The zero-order valence-electron chi connectivity index (χ0n) is 12.0. The molecule has 0 radical (unpaired) electrons. The van der Waals surface area contributed by atoms with Crippen LogP contribution in [0, 0.1) is 0 Å². The van der Waals surface area contributed by atoms with Crippen LogP contribution in [0.5, 0.6) is 0 Å². The van der Waals surface area contributed by atoms with Crippen molar-refractivity contribution in [3.8, 4) is 0 Å². The summed E-state index contributed by atoms with van der Waals surface area (Å²) in [5, 5.41) is 0. The molecule has 0 N–H and O–H groups in total. The van der Waals surface area contributed by atoms with Gasteiger partial charge in [-0.15, -0.1) is 11.3 Å². The van der Waals surface area contributed by atoms with Crippen LogP contribution in [0.2, 0.25) is 0 Å². The van der Waals surface area contributed by atoms with Gasteiger partial charge < -0.3 is 0 Å². The number of aromatic nitrogens is 2. The van der Waals surface area contributed by atoms with Crippen molar-refractivity contribution in [2.24, 2.45) is 7.05 Å². The number of aryl methyl sites for hydroxylation is 2. The number of rotatable bonds is 4. The van der Waals surface area contributed by atoms with Crippen LogP contribution in [0.4, 0.5) is 0 Å². The largest absolute Gasteiger partial charge is 0.329 e. The maximum Gasteiger partial charge on any atom is 0.329 e. The van der Waals surface area contributed by atoms with E-state index in [0.717, 1.165) is 17.5 Å². The molecule has 0 bridgehead atoms. The monoisotopic (exact) mass is 300 g/mol. The van der Waals surface area contributed by atoms with E-state index >= 15 is 0 Å². The summed E-state index contributed by atoms with van der Waals surface area (Å²) in [4.78, 5) is 26.6. The van der Waals surface area contributed by atoms with E-state index in [1.54, 1.807) is 16.2 Å². The molecule has 0 saturated heterocycles. The molecule has 0 amide bonds. The number of para-hydroxylation sites is 2. The first kappa shape index (κ1) is 13.8. The summed E-state index contributed by atoms with van der Waals surface area (Å²) in [7, 11) is 1.73. The molecular formula is C16H16N2O2S. The minimum atomic E-state index is -0.156. The number of Topliss-reactive ketones (excluding diaryl/α,β-unsaturated/α-hetero) is 1. The van der Waals surface area contributed by atoms with Crippen LogP contribution in [-0.4, -0.2) is 14.9 Å². The lowest BCUT2D eigenvalue weighted by Crippen LogP contribution is -2.25. The second-order valence-electron chi connectivity index (χ2n) is 4.96. The Morgan fingerprint density at radius 1 is 1.14 bits per heavy atom. The highest BCUT2D eigenvalue weighted by atomic mass is 32.1. The van der Waals surface area contributed by atoms with E-state index in [0.29, 0.717) is 4.88 Å². The topological polar surface area (TPSA) is 44.0 Å². The van der Waals surface area contributed by atoms with Gasteiger partial charge in [0.05, 0.1) is 22.5 Å². The smallest absolute Gasteiger partial charge is 0.295 e. The van der Waals surface area contributed by atoms with Crippen molar-refractivity contribution in [3.63, 3.8) is 0 Å². The summed E-state index contributed by atoms with van der Waals surface area (Å²) in [6.45, 7) is 2.15. The SMILES string of the molecule is CCc1ccc(C(=O)Cn2c(=O)n(C)c3ccccc32)s1. The number of benzene rings is 1. The van der Waals surface area contributed by atoms with Crippen molar-refractivity contribution >= 4 is 28.2 Å². The van der Waals surface area contributed by atoms with Gasteiger partial charge in [0.1, 0.15) is 0 Å². The number of thiophene rings is 1. The number of ketones is 1. The molecule has 0 aliphatic carbocycles. The van der Waals surface area contributed by atoms with E-state index in [1.165, 1.54) is 16.2 Å². The van der Waals surface area contributed by atoms with Gasteiger partial charge in [-0.3, -0.25) is 13.9 Å². The fourth-order valence-electron chi connectivity index (χ4n) is 2.46. The van der Waals surface area contributed by atoms with E-state index < -0.39 is 0 Å². The number of hydrogen-bond donors (Lipinski definition) is 0. The molecule has 3 aromatic rings. The Hall–Kier alpha value is -2.14. The molecule has 0 saturated carbocycles. The second-order valence-corrected chi connectivity index (χ2v) is 6.13. The van der Waals surface area contributed by atoms with E-state index in [1.807, 2.05) is 36.4 Å². The average molecular weight is 300 g/mol. The van der Waals surface area contributed by atoms with Crippen molar-refractivity contribution in [1.29, 1.82) is 0 Å². The van der Waals surface area contributed by atoms with Crippen LogP contribution in [0.1, 0.15) is 21.5 Å². The predicted octanol–water partition coefficient (Wildman–Crippen LogP) is 2.85. The van der Waals surface area contributed by atoms with Crippen LogP contribution in [0.3, 0.4) is 0 Å². The normalized spacial score (nSPS) is 11.1. The van der Waals surface area contributed by atoms with E-state index in [2.05, 4.69) is 6.92 Å². The number of carbonyl (C=O) groups is 1. The van der Waals surface area contributed by atoms with Crippen molar-refractivity contribution < 1.29 is 4.79 Å². The number of imidazole rings is 1. The van der Waals surface area contributed by atoms with Gasteiger partial charge >= 0.3 is 5.69 Å². The van der Waals surface area contributed by atoms with E-state index in [9.17, 15) is 9.59 Å². The molecular weight excluding hydrogens is 284 g/mol. The number of hydrogen-bond acceptors (Lipinski definition) is 3. The molecule has 2 heterocycles. The number of carbonyl (C=O) groups excluding carboxylic acids is 1. The zero-order valence-corrected chi connectivity index (χ0v) is 12.8. The maximum absolute atomic E-state index is 12.4. The van der Waals surface area contributed by atoms with Gasteiger partial charge in [0, 0.05) is 11.9 Å². The molecule has 21 heavy (non-hydrogen) atoms. The highest BCUT2D eigenvalue weighted by molar-refractivity contribution is 7.14. The molecule has 0 aliphatic rings. The summed E-state index contributed by atoms with van der Waals surface area (Å²) < 4.78 is 3.12. The van der Waals surface area contributed by atoms with Gasteiger partial charge in [0.25, 0.3) is 0 Å². The highest BCUT2D eigenvalue weighted by Gasteiger charge is 2.15. The fraction of sp³-hybridized carbons (Fsp3) is 0.250. The Morgan fingerprint density at radius 3 is 2.52 bits per heavy atom. The Kier molecular flexibility index (Phi) is 3.51. The van der Waals surface area contributed by atoms with Gasteiger partial charge in [0.15, 0.2) is 5.78 Å². The van der Waals surface area contributed by atoms with E-state index in [-0.39, 0.29) is 18.0 Å². The van der Waals surface area contributed by atoms with Crippen LogP contribution in [0.25, 0.3) is 11.0 Å². The Bertz CT molecular complexity index is 870. The molecule has 1 aromatic carbocycles. The van der Waals surface area contributed by atoms with Gasteiger partial charge in [-0.25, -0.2) is 4.79 Å². The summed E-state index contributed by atoms with van der Waals surface area (Å²) in [5.74, 6) is -0.0156. The van der Waals surface area contributed by atoms with Gasteiger partial charge in [-0.1, -0.05) is 19.1 Å². The van der Waals surface area contributed by atoms with Crippen molar-refractivity contribution in [2.45, 2.75) is 19.9 Å². The summed E-state index contributed by atoms with van der Waals surface area (Å²) in [6, 6.07) is 11.4. The second kappa shape index (κ2) is 5.33. The molecule has 0 spiro atoms. The van der Waals surface area contributed by atoms with Crippen molar-refractivity contribution in [3.05, 3.63) is 56.6 Å². The third-order valence-electron chi connectivity index (χ3n) is 3.64. The van der Waals surface area contributed by atoms with Crippen LogP contribution in [0.15, 0.2) is 41.2 Å². The molecule has 3 rings (SSSR count). The van der Waals surface area contributed by atoms with E-state index in [4.69, 9.17) is 0 Å². The first-order valence-corrected chi connectivity index (χ1v) is 7.69. The van der Waals surface area contributed by atoms with Gasteiger partial charge in [0.2, 0.25) is 0 Å². The van der Waals surface area contributed by atoms with Crippen LogP contribution in [-0.2, 0) is 20.0 Å². The standard InChI is InChI=1S/C16H16N2O2S/c1-3-11-8-9-15(21-11)14(19)10-18-13-7-5-4-6-12(13)17(2)16(18)20/h4-9H,3,10H2,1-2H3. The Labute approximate surface area is 126 Å². The predicted molar refractivity (Wildman–Crippen MR) is 85.2 cm³/mol. The molecule has 4 nitrogen and oxygen atoms in total. The van der Waals surface area contributed by atoms with Crippen LogP contribution >= 0.6 is 11.3 Å². The Balaban J connectivity index is 2.00. The first-order chi connectivity index (χ1) is 10.1. The minimum Gasteiger partial charge on any atom is -0.295 e.